The van der Waals surface area contributed by atoms with Gasteiger partial charge in [-0.2, -0.15) is 0 Å². The summed E-state index contributed by atoms with van der Waals surface area (Å²) < 4.78 is 0. The molecule has 0 radical (unpaired) electrons. The van der Waals surface area contributed by atoms with E-state index in [-0.39, 0.29) is 17.0 Å². The molecule has 2 rings (SSSR count). The number of amides is 2. The number of carboxylic acid groups (broad SMARTS) is 1. The van der Waals surface area contributed by atoms with Crippen molar-refractivity contribution in [2.24, 2.45) is 0 Å². The molecule has 1 fully saturated rings. The van der Waals surface area contributed by atoms with Crippen molar-refractivity contribution in [3.05, 3.63) is 35.4 Å². The smallest absolute Gasteiger partial charge is 0.335 e. The van der Waals surface area contributed by atoms with Crippen molar-refractivity contribution in [2.45, 2.75) is 51.0 Å². The van der Waals surface area contributed by atoms with Crippen LogP contribution in [0.25, 0.3) is 0 Å². The third-order valence-electron chi connectivity index (χ3n) is 4.40. The summed E-state index contributed by atoms with van der Waals surface area (Å²) in [6, 6.07) is 5.85. The van der Waals surface area contributed by atoms with Gasteiger partial charge >= 0.3 is 5.97 Å². The van der Waals surface area contributed by atoms with Gasteiger partial charge in [-0.15, -0.1) is 0 Å². The van der Waals surface area contributed by atoms with Crippen molar-refractivity contribution in [2.75, 3.05) is 6.54 Å². The van der Waals surface area contributed by atoms with E-state index in [1.807, 2.05) is 6.92 Å². The van der Waals surface area contributed by atoms with Gasteiger partial charge in [-0.25, -0.2) is 4.79 Å². The lowest BCUT2D eigenvalue weighted by Crippen LogP contribution is -2.59. The number of hydrogen-bond donors (Lipinski definition) is 3. The molecule has 130 valence electrons. The molecule has 3 N–H and O–H groups in total. The first kappa shape index (κ1) is 18.0. The molecule has 24 heavy (non-hydrogen) atoms. The highest BCUT2D eigenvalue weighted by molar-refractivity contribution is 6.01. The van der Waals surface area contributed by atoms with E-state index in [0.717, 1.165) is 25.7 Å². The minimum absolute atomic E-state index is 0.0516. The van der Waals surface area contributed by atoms with Gasteiger partial charge in [-0.3, -0.25) is 9.59 Å². The number of carboxylic acids is 1. The highest BCUT2D eigenvalue weighted by Gasteiger charge is 2.40. The lowest BCUT2D eigenvalue weighted by atomic mass is 9.80. The van der Waals surface area contributed by atoms with Crippen molar-refractivity contribution in [1.82, 2.24) is 10.6 Å². The first-order valence-corrected chi connectivity index (χ1v) is 8.43. The molecule has 1 aromatic rings. The first-order chi connectivity index (χ1) is 11.5. The lowest BCUT2D eigenvalue weighted by Gasteiger charge is -2.36. The summed E-state index contributed by atoms with van der Waals surface area (Å²) in [5, 5.41) is 14.8. The molecule has 1 saturated carbocycles. The van der Waals surface area contributed by atoms with Crippen LogP contribution in [-0.2, 0) is 4.79 Å². The second-order valence-corrected chi connectivity index (χ2v) is 6.24. The predicted molar refractivity (Wildman–Crippen MR) is 90.0 cm³/mol. The second-order valence-electron chi connectivity index (χ2n) is 6.24. The van der Waals surface area contributed by atoms with Gasteiger partial charge in [0.2, 0.25) is 5.91 Å². The Labute approximate surface area is 141 Å². The van der Waals surface area contributed by atoms with Gasteiger partial charge in [0.15, 0.2) is 0 Å². The number of benzene rings is 1. The average molecular weight is 332 g/mol. The summed E-state index contributed by atoms with van der Waals surface area (Å²) in [6.45, 7) is 2.55. The van der Waals surface area contributed by atoms with Gasteiger partial charge < -0.3 is 15.7 Å². The molecule has 0 spiro atoms. The van der Waals surface area contributed by atoms with Crippen molar-refractivity contribution < 1.29 is 19.5 Å². The summed E-state index contributed by atoms with van der Waals surface area (Å²) in [5.41, 5.74) is -0.595. The lowest BCUT2D eigenvalue weighted by molar-refractivity contribution is -0.128. The van der Waals surface area contributed by atoms with Gasteiger partial charge in [0.1, 0.15) is 5.54 Å². The fourth-order valence-corrected chi connectivity index (χ4v) is 3.05. The van der Waals surface area contributed by atoms with E-state index in [1.165, 1.54) is 18.2 Å². The Balaban J connectivity index is 2.19. The Hall–Kier alpha value is -2.37. The Kier molecular flexibility index (Phi) is 5.95. The maximum atomic E-state index is 12.6. The topological polar surface area (TPSA) is 95.5 Å². The van der Waals surface area contributed by atoms with Gasteiger partial charge in [0.05, 0.1) is 5.56 Å². The molecule has 0 bridgehead atoms. The number of rotatable bonds is 6. The monoisotopic (exact) mass is 332 g/mol. The molecule has 0 atom stereocenters. The molecule has 1 aliphatic carbocycles. The third kappa shape index (κ3) is 4.13. The van der Waals surface area contributed by atoms with E-state index in [0.29, 0.717) is 19.4 Å². The SMILES string of the molecule is CCCNC(=O)C1(NC(=O)c2cccc(C(=O)O)c2)CCCCC1. The average Bonchev–Trinajstić information content (AvgIpc) is 2.60. The van der Waals surface area contributed by atoms with Gasteiger partial charge in [-0.05, 0) is 37.5 Å². The van der Waals surface area contributed by atoms with Crippen LogP contribution in [0.1, 0.15) is 66.2 Å². The van der Waals surface area contributed by atoms with E-state index in [1.54, 1.807) is 6.07 Å². The molecule has 0 heterocycles. The van der Waals surface area contributed by atoms with Gasteiger partial charge in [0.25, 0.3) is 5.91 Å². The van der Waals surface area contributed by atoms with Crippen LogP contribution in [0.5, 0.6) is 0 Å². The zero-order valence-corrected chi connectivity index (χ0v) is 13.9. The summed E-state index contributed by atoms with van der Waals surface area (Å²) in [6.07, 6.45) is 4.85. The molecule has 1 aliphatic rings. The fraction of sp³-hybridized carbons (Fsp3) is 0.500. The van der Waals surface area contributed by atoms with E-state index < -0.39 is 17.4 Å². The Bertz CT molecular complexity index is 621. The molecule has 6 nitrogen and oxygen atoms in total. The maximum absolute atomic E-state index is 12.6. The van der Waals surface area contributed by atoms with Crippen molar-refractivity contribution in [1.29, 1.82) is 0 Å². The Morgan fingerprint density at radius 1 is 1.12 bits per heavy atom. The molecule has 0 aliphatic heterocycles. The third-order valence-corrected chi connectivity index (χ3v) is 4.40. The number of aromatic carboxylic acids is 1. The minimum Gasteiger partial charge on any atom is -0.478 e. The zero-order chi connectivity index (χ0) is 17.6. The summed E-state index contributed by atoms with van der Waals surface area (Å²) in [7, 11) is 0. The quantitative estimate of drug-likeness (QED) is 0.745. The van der Waals surface area contributed by atoms with E-state index in [2.05, 4.69) is 10.6 Å². The Morgan fingerprint density at radius 2 is 1.79 bits per heavy atom. The molecule has 2 amide bonds. The van der Waals surface area contributed by atoms with Crippen molar-refractivity contribution in [3.8, 4) is 0 Å². The normalized spacial score (nSPS) is 16.2. The summed E-state index contributed by atoms with van der Waals surface area (Å²) in [4.78, 5) is 36.2. The molecule has 0 saturated heterocycles. The van der Waals surface area contributed by atoms with Crippen LogP contribution in [0.15, 0.2) is 24.3 Å². The maximum Gasteiger partial charge on any atom is 0.335 e. The predicted octanol–water partition coefficient (Wildman–Crippen LogP) is 2.34. The molecular weight excluding hydrogens is 308 g/mol. The molecule has 6 heteroatoms. The van der Waals surface area contributed by atoms with E-state index >= 15 is 0 Å². The van der Waals surface area contributed by atoms with Crippen LogP contribution >= 0.6 is 0 Å². The van der Waals surface area contributed by atoms with Crippen LogP contribution < -0.4 is 10.6 Å². The Morgan fingerprint density at radius 3 is 2.42 bits per heavy atom. The molecular formula is C18H24N2O4. The standard InChI is InChI=1S/C18H24N2O4/c1-2-11-19-17(24)18(9-4-3-5-10-18)20-15(21)13-7-6-8-14(12-13)16(22)23/h6-8,12H,2-5,9-11H2,1H3,(H,19,24)(H,20,21)(H,22,23). The van der Waals surface area contributed by atoms with Crippen LogP contribution in [0.2, 0.25) is 0 Å². The number of carbonyl (C=O) groups is 3. The van der Waals surface area contributed by atoms with E-state index in [9.17, 15) is 14.4 Å². The number of hydrogen-bond acceptors (Lipinski definition) is 3. The van der Waals surface area contributed by atoms with Crippen LogP contribution in [0.3, 0.4) is 0 Å². The summed E-state index contributed by atoms with van der Waals surface area (Å²) >= 11 is 0. The second kappa shape index (κ2) is 7.95. The molecule has 0 aromatic heterocycles. The largest absolute Gasteiger partial charge is 0.478 e. The number of nitrogens with one attached hydrogen (secondary N) is 2. The highest BCUT2D eigenvalue weighted by Crippen LogP contribution is 2.29. The molecule has 1 aromatic carbocycles. The fourth-order valence-electron chi connectivity index (χ4n) is 3.05. The summed E-state index contributed by atoms with van der Waals surface area (Å²) in [5.74, 6) is -1.64. The number of carbonyl (C=O) groups excluding carboxylic acids is 2. The van der Waals surface area contributed by atoms with Crippen LogP contribution in [0, 0.1) is 0 Å². The van der Waals surface area contributed by atoms with Crippen LogP contribution in [0.4, 0.5) is 0 Å². The first-order valence-electron chi connectivity index (χ1n) is 8.43. The van der Waals surface area contributed by atoms with Gasteiger partial charge in [-0.1, -0.05) is 32.3 Å². The van der Waals surface area contributed by atoms with Crippen LogP contribution in [-0.4, -0.2) is 35.0 Å². The highest BCUT2D eigenvalue weighted by atomic mass is 16.4. The minimum atomic E-state index is -1.09. The van der Waals surface area contributed by atoms with Gasteiger partial charge in [0, 0.05) is 12.1 Å². The molecule has 0 unspecified atom stereocenters. The zero-order valence-electron chi connectivity index (χ0n) is 13.9. The van der Waals surface area contributed by atoms with Crippen molar-refractivity contribution in [3.63, 3.8) is 0 Å². The van der Waals surface area contributed by atoms with Crippen molar-refractivity contribution >= 4 is 17.8 Å². The van der Waals surface area contributed by atoms with E-state index in [4.69, 9.17) is 5.11 Å².